The van der Waals surface area contributed by atoms with E-state index in [1.54, 1.807) is 0 Å². The number of carbonyl (C=O) groups excluding carboxylic acids is 2. The summed E-state index contributed by atoms with van der Waals surface area (Å²) in [5.74, 6) is -1.04. The van der Waals surface area contributed by atoms with E-state index in [0.29, 0.717) is 5.56 Å². The van der Waals surface area contributed by atoms with E-state index in [9.17, 15) is 14.7 Å². The summed E-state index contributed by atoms with van der Waals surface area (Å²) < 4.78 is 4.46. The largest absolute Gasteiger partial charge is 0.507 e. The highest BCUT2D eigenvalue weighted by molar-refractivity contribution is 9.09. The molecule has 0 atom stereocenters. The number of Topliss-reactive ketones (excluding diaryl/α,β-unsaturated/α-hetero) is 1. The van der Waals surface area contributed by atoms with E-state index in [1.165, 1.54) is 25.3 Å². The van der Waals surface area contributed by atoms with E-state index in [1.807, 2.05) is 0 Å². The molecule has 0 aliphatic carbocycles. The smallest absolute Gasteiger partial charge is 0.341 e. The van der Waals surface area contributed by atoms with Gasteiger partial charge in [0.25, 0.3) is 0 Å². The number of benzene rings is 1. The minimum absolute atomic E-state index is 0.00991. The first kappa shape index (κ1) is 11.7. The first-order valence-corrected chi connectivity index (χ1v) is 5.22. The van der Waals surface area contributed by atoms with Crippen molar-refractivity contribution in [2.45, 2.75) is 0 Å². The average Bonchev–Trinajstić information content (AvgIpc) is 2.27. The Kier molecular flexibility index (Phi) is 3.85. The van der Waals surface area contributed by atoms with Crippen molar-refractivity contribution in [3.05, 3.63) is 29.3 Å². The van der Waals surface area contributed by atoms with Crippen molar-refractivity contribution < 1.29 is 19.4 Å². The van der Waals surface area contributed by atoms with Crippen molar-refractivity contribution in [3.8, 4) is 5.75 Å². The summed E-state index contributed by atoms with van der Waals surface area (Å²) in [6, 6.07) is 4.05. The van der Waals surface area contributed by atoms with Gasteiger partial charge in [-0.25, -0.2) is 4.79 Å². The predicted octanol–water partition coefficient (Wildman–Crippen LogP) is 1.76. The van der Waals surface area contributed by atoms with Gasteiger partial charge in [-0.3, -0.25) is 4.79 Å². The Labute approximate surface area is 95.0 Å². The number of rotatable bonds is 3. The number of aromatic hydroxyl groups is 1. The highest BCUT2D eigenvalue weighted by Crippen LogP contribution is 2.19. The lowest BCUT2D eigenvalue weighted by Gasteiger charge is -2.04. The molecule has 0 fully saturated rings. The Morgan fingerprint density at radius 3 is 2.67 bits per heavy atom. The molecule has 0 heterocycles. The summed E-state index contributed by atoms with van der Waals surface area (Å²) in [5.41, 5.74) is 0.342. The van der Waals surface area contributed by atoms with Crippen LogP contribution < -0.4 is 0 Å². The van der Waals surface area contributed by atoms with Gasteiger partial charge in [0.1, 0.15) is 11.3 Å². The molecular formula is C10H9BrO4. The van der Waals surface area contributed by atoms with Crippen LogP contribution >= 0.6 is 15.9 Å². The summed E-state index contributed by atoms with van der Waals surface area (Å²) in [7, 11) is 1.21. The first-order chi connectivity index (χ1) is 7.10. The molecule has 0 unspecified atom stereocenters. The quantitative estimate of drug-likeness (QED) is 0.517. The Morgan fingerprint density at radius 2 is 2.13 bits per heavy atom. The molecule has 0 aliphatic heterocycles. The van der Waals surface area contributed by atoms with E-state index in [0.717, 1.165) is 0 Å². The van der Waals surface area contributed by atoms with Gasteiger partial charge in [-0.05, 0) is 18.2 Å². The normalized spacial score (nSPS) is 9.73. The van der Waals surface area contributed by atoms with E-state index >= 15 is 0 Å². The van der Waals surface area contributed by atoms with Crippen LogP contribution in [0.4, 0.5) is 0 Å². The number of hydrogen-bond donors (Lipinski definition) is 1. The van der Waals surface area contributed by atoms with Crippen LogP contribution in [-0.2, 0) is 4.74 Å². The van der Waals surface area contributed by atoms with Crippen LogP contribution in [0.15, 0.2) is 18.2 Å². The molecule has 1 aromatic rings. The van der Waals surface area contributed by atoms with Gasteiger partial charge in [0.05, 0.1) is 12.4 Å². The maximum atomic E-state index is 11.3. The number of esters is 1. The number of phenolic OH excluding ortho intramolecular Hbond substituents is 1. The van der Waals surface area contributed by atoms with Gasteiger partial charge in [-0.2, -0.15) is 0 Å². The molecule has 0 saturated carbocycles. The molecule has 0 aromatic heterocycles. The molecule has 15 heavy (non-hydrogen) atoms. The number of carbonyl (C=O) groups is 2. The number of methoxy groups -OCH3 is 1. The van der Waals surface area contributed by atoms with Crippen LogP contribution in [0, 0.1) is 0 Å². The fraction of sp³-hybridized carbons (Fsp3) is 0.200. The Morgan fingerprint density at radius 1 is 1.47 bits per heavy atom. The van der Waals surface area contributed by atoms with Gasteiger partial charge >= 0.3 is 5.97 Å². The second kappa shape index (κ2) is 4.93. The zero-order chi connectivity index (χ0) is 11.4. The minimum atomic E-state index is -0.670. The number of phenols is 1. The van der Waals surface area contributed by atoms with Gasteiger partial charge in [-0.1, -0.05) is 15.9 Å². The molecule has 0 aliphatic rings. The molecule has 0 spiro atoms. The van der Waals surface area contributed by atoms with Crippen molar-refractivity contribution >= 4 is 27.7 Å². The SMILES string of the molecule is COC(=O)c1cc(C(=O)CBr)ccc1O. The molecule has 1 rings (SSSR count). The number of hydrogen-bond acceptors (Lipinski definition) is 4. The zero-order valence-corrected chi connectivity index (χ0v) is 9.58. The molecule has 0 bridgehead atoms. The lowest BCUT2D eigenvalue weighted by molar-refractivity contribution is 0.0597. The topological polar surface area (TPSA) is 63.6 Å². The zero-order valence-electron chi connectivity index (χ0n) is 7.99. The van der Waals surface area contributed by atoms with E-state index in [4.69, 9.17) is 0 Å². The molecule has 1 N–H and O–H groups in total. The van der Waals surface area contributed by atoms with Crippen LogP contribution in [0.2, 0.25) is 0 Å². The maximum Gasteiger partial charge on any atom is 0.341 e. The summed E-state index contributed by atoms with van der Waals surface area (Å²) in [6.07, 6.45) is 0. The summed E-state index contributed by atoms with van der Waals surface area (Å²) in [5, 5.41) is 9.53. The van der Waals surface area contributed by atoms with Crippen LogP contribution in [0.1, 0.15) is 20.7 Å². The van der Waals surface area contributed by atoms with Crippen molar-refractivity contribution in [2.24, 2.45) is 0 Å². The van der Waals surface area contributed by atoms with Gasteiger partial charge in [0, 0.05) is 5.56 Å². The number of ketones is 1. The molecule has 0 saturated heterocycles. The minimum Gasteiger partial charge on any atom is -0.507 e. The standard InChI is InChI=1S/C10H9BrO4/c1-15-10(14)7-4-6(9(13)5-11)2-3-8(7)12/h2-4,12H,5H2,1H3. The number of ether oxygens (including phenoxy) is 1. The lowest BCUT2D eigenvalue weighted by Crippen LogP contribution is -2.05. The van der Waals surface area contributed by atoms with E-state index in [2.05, 4.69) is 20.7 Å². The molecule has 0 amide bonds. The van der Waals surface area contributed by atoms with Crippen molar-refractivity contribution in [1.29, 1.82) is 0 Å². The lowest BCUT2D eigenvalue weighted by atomic mass is 10.1. The highest BCUT2D eigenvalue weighted by atomic mass is 79.9. The van der Waals surface area contributed by atoms with Crippen molar-refractivity contribution in [3.63, 3.8) is 0 Å². The fourth-order valence-corrected chi connectivity index (χ4v) is 1.38. The third-order valence-electron chi connectivity index (χ3n) is 1.85. The molecule has 4 nitrogen and oxygen atoms in total. The molecule has 1 aromatic carbocycles. The summed E-state index contributed by atoms with van der Waals surface area (Å²) >= 11 is 3.02. The Balaban J connectivity index is 3.16. The number of alkyl halides is 1. The second-order valence-electron chi connectivity index (χ2n) is 2.78. The fourth-order valence-electron chi connectivity index (χ4n) is 1.06. The average molecular weight is 273 g/mol. The highest BCUT2D eigenvalue weighted by Gasteiger charge is 2.14. The Bertz CT molecular complexity index is 400. The van der Waals surface area contributed by atoms with Crippen LogP contribution in [0.25, 0.3) is 0 Å². The number of halogens is 1. The summed E-state index contributed by atoms with van der Waals surface area (Å²) in [6.45, 7) is 0. The van der Waals surface area contributed by atoms with Gasteiger partial charge in [-0.15, -0.1) is 0 Å². The molecule has 0 radical (unpaired) electrons. The molecule has 5 heteroatoms. The van der Waals surface area contributed by atoms with Gasteiger partial charge in [0.15, 0.2) is 5.78 Å². The molecular weight excluding hydrogens is 264 g/mol. The van der Waals surface area contributed by atoms with Crippen LogP contribution in [0.5, 0.6) is 5.75 Å². The summed E-state index contributed by atoms with van der Waals surface area (Å²) in [4.78, 5) is 22.5. The van der Waals surface area contributed by atoms with E-state index < -0.39 is 5.97 Å². The molecule has 80 valence electrons. The maximum absolute atomic E-state index is 11.3. The Hall–Kier alpha value is -1.36. The monoisotopic (exact) mass is 272 g/mol. The van der Waals surface area contributed by atoms with Crippen LogP contribution in [0.3, 0.4) is 0 Å². The third-order valence-corrected chi connectivity index (χ3v) is 2.35. The van der Waals surface area contributed by atoms with E-state index in [-0.39, 0.29) is 22.4 Å². The predicted molar refractivity (Wildman–Crippen MR) is 57.6 cm³/mol. The third kappa shape index (κ3) is 2.56. The van der Waals surface area contributed by atoms with Gasteiger partial charge in [0.2, 0.25) is 0 Å². The van der Waals surface area contributed by atoms with Crippen molar-refractivity contribution in [1.82, 2.24) is 0 Å². The van der Waals surface area contributed by atoms with Crippen molar-refractivity contribution in [2.75, 3.05) is 12.4 Å². The first-order valence-electron chi connectivity index (χ1n) is 4.10. The van der Waals surface area contributed by atoms with Crippen LogP contribution in [-0.4, -0.2) is 29.3 Å². The second-order valence-corrected chi connectivity index (χ2v) is 3.34. The van der Waals surface area contributed by atoms with Gasteiger partial charge < -0.3 is 9.84 Å².